The van der Waals surface area contributed by atoms with Crippen molar-refractivity contribution in [3.8, 4) is 0 Å². The smallest absolute Gasteiger partial charge is 0.246 e. The lowest BCUT2D eigenvalue weighted by atomic mass is 10.0. The first kappa shape index (κ1) is 19.7. The topological polar surface area (TPSA) is 57.6 Å². The van der Waals surface area contributed by atoms with E-state index in [1.807, 2.05) is 60.0 Å². The Hall–Kier alpha value is -2.08. The van der Waals surface area contributed by atoms with E-state index in [1.165, 1.54) is 0 Å². The summed E-state index contributed by atoms with van der Waals surface area (Å²) in [5.74, 6) is 2.07. The minimum atomic E-state index is -0.0928. The maximum atomic E-state index is 12.4. The molecule has 6 heteroatoms. The minimum absolute atomic E-state index is 0.0846. The van der Waals surface area contributed by atoms with Gasteiger partial charge in [-0.25, -0.2) is 0 Å². The van der Waals surface area contributed by atoms with Gasteiger partial charge in [0.15, 0.2) is 0 Å². The van der Waals surface area contributed by atoms with Gasteiger partial charge in [-0.05, 0) is 55.5 Å². The summed E-state index contributed by atoms with van der Waals surface area (Å²) in [4.78, 5) is 28.7. The first-order chi connectivity index (χ1) is 12.8. The van der Waals surface area contributed by atoms with E-state index in [0.717, 1.165) is 25.2 Å². The molecule has 2 fully saturated rings. The number of likely N-dealkylation sites (tertiary alicyclic amines) is 1. The van der Waals surface area contributed by atoms with Crippen LogP contribution in [0.5, 0.6) is 0 Å². The van der Waals surface area contributed by atoms with Crippen LogP contribution in [-0.4, -0.2) is 66.0 Å². The molecule has 1 saturated heterocycles. The van der Waals surface area contributed by atoms with Gasteiger partial charge >= 0.3 is 0 Å². The molecule has 4 atom stereocenters. The number of fused-ring (bicyclic) bond motifs is 1. The fourth-order valence-electron chi connectivity index (χ4n) is 4.49. The molecule has 0 aromatic carbocycles. The number of hydrogen-bond donors (Lipinski definition) is 1. The molecule has 0 spiro atoms. The fraction of sp³-hybridized carbons (Fsp3) is 0.619. The molecule has 2 amide bonds. The average molecular weight is 373 g/mol. The number of carbonyl (C=O) groups is 2. The first-order valence-electron chi connectivity index (χ1n) is 9.81. The molecular weight excluding hydrogens is 340 g/mol. The van der Waals surface area contributed by atoms with Crippen LogP contribution in [0.2, 0.25) is 0 Å². The Morgan fingerprint density at radius 2 is 1.96 bits per heavy atom. The zero-order valence-electron chi connectivity index (χ0n) is 17.1. The highest BCUT2D eigenvalue weighted by Crippen LogP contribution is 2.51. The maximum absolute atomic E-state index is 12.4. The molecule has 27 heavy (non-hydrogen) atoms. The molecule has 0 radical (unpaired) electrons. The van der Waals surface area contributed by atoms with Gasteiger partial charge in [-0.3, -0.25) is 14.5 Å². The highest BCUT2D eigenvalue weighted by atomic mass is 16.2. The standard InChI is InChI=1S/C21H32N4O2/c1-14(2)20(23(3)4)21(27)22-10-16-17-12-25(13-18(16)17)19(26)7-6-15-8-9-24(5)11-15/h6-9,11,14,16-18,20H,10,12-13H2,1-5H3,(H,22,27)/b7-6+/t16?,17-,18+,20?. The molecule has 1 aliphatic heterocycles. The Morgan fingerprint density at radius 3 is 2.48 bits per heavy atom. The number of piperidine rings is 1. The van der Waals surface area contributed by atoms with Crippen LogP contribution in [0.25, 0.3) is 6.08 Å². The second-order valence-electron chi connectivity index (χ2n) is 8.58. The molecule has 1 aliphatic carbocycles. The maximum Gasteiger partial charge on any atom is 0.246 e. The summed E-state index contributed by atoms with van der Waals surface area (Å²) in [5, 5.41) is 3.13. The molecule has 2 unspecified atom stereocenters. The van der Waals surface area contributed by atoms with Crippen molar-refractivity contribution in [1.29, 1.82) is 0 Å². The number of amides is 2. The van der Waals surface area contributed by atoms with Crippen molar-refractivity contribution in [3.05, 3.63) is 30.1 Å². The third-order valence-corrected chi connectivity index (χ3v) is 5.92. The summed E-state index contributed by atoms with van der Waals surface area (Å²) >= 11 is 0. The predicted octanol–water partition coefficient (Wildman–Crippen LogP) is 1.45. The molecule has 1 N–H and O–H groups in total. The summed E-state index contributed by atoms with van der Waals surface area (Å²) in [7, 11) is 5.86. The molecule has 148 valence electrons. The summed E-state index contributed by atoms with van der Waals surface area (Å²) < 4.78 is 1.97. The van der Waals surface area contributed by atoms with Gasteiger partial charge in [-0.1, -0.05) is 13.8 Å². The number of nitrogens with zero attached hydrogens (tertiary/aromatic N) is 3. The second-order valence-corrected chi connectivity index (χ2v) is 8.58. The molecule has 1 aromatic heterocycles. The first-order valence-corrected chi connectivity index (χ1v) is 9.81. The Morgan fingerprint density at radius 1 is 1.30 bits per heavy atom. The summed E-state index contributed by atoms with van der Waals surface area (Å²) in [6.07, 6.45) is 7.49. The Kier molecular flexibility index (Phi) is 5.75. The molecular formula is C21H32N4O2. The van der Waals surface area contributed by atoms with Crippen molar-refractivity contribution in [2.24, 2.45) is 30.7 Å². The number of carbonyl (C=O) groups excluding carboxylic acids is 2. The van der Waals surface area contributed by atoms with Crippen molar-refractivity contribution in [2.45, 2.75) is 19.9 Å². The van der Waals surface area contributed by atoms with Gasteiger partial charge in [0.25, 0.3) is 0 Å². The number of hydrogen-bond acceptors (Lipinski definition) is 3. The van der Waals surface area contributed by atoms with Gasteiger partial charge in [0.05, 0.1) is 6.04 Å². The van der Waals surface area contributed by atoms with Crippen molar-refractivity contribution >= 4 is 17.9 Å². The normalized spacial score (nSPS) is 25.3. The third-order valence-electron chi connectivity index (χ3n) is 5.92. The molecule has 1 saturated carbocycles. The van der Waals surface area contributed by atoms with E-state index in [4.69, 9.17) is 0 Å². The number of likely N-dealkylation sites (N-methyl/N-ethyl adjacent to an activating group) is 1. The number of aryl methyl sites for hydroxylation is 1. The van der Waals surface area contributed by atoms with E-state index < -0.39 is 0 Å². The number of aromatic nitrogens is 1. The molecule has 2 aliphatic rings. The lowest BCUT2D eigenvalue weighted by molar-refractivity contribution is -0.127. The summed E-state index contributed by atoms with van der Waals surface area (Å²) in [6.45, 7) is 6.49. The summed E-state index contributed by atoms with van der Waals surface area (Å²) in [6, 6.07) is 1.90. The Bertz CT molecular complexity index is 702. The van der Waals surface area contributed by atoms with E-state index in [1.54, 1.807) is 6.08 Å². The molecule has 3 rings (SSSR count). The summed E-state index contributed by atoms with van der Waals surface area (Å²) in [5.41, 5.74) is 1.04. The molecule has 6 nitrogen and oxygen atoms in total. The van der Waals surface area contributed by atoms with Crippen LogP contribution >= 0.6 is 0 Å². The van der Waals surface area contributed by atoms with Crippen LogP contribution < -0.4 is 5.32 Å². The zero-order valence-corrected chi connectivity index (χ0v) is 17.1. The average Bonchev–Trinajstić information content (AvgIpc) is 2.93. The highest BCUT2D eigenvalue weighted by molar-refractivity contribution is 5.92. The number of nitrogens with one attached hydrogen (secondary N) is 1. The van der Waals surface area contributed by atoms with Crippen LogP contribution in [0.4, 0.5) is 0 Å². The van der Waals surface area contributed by atoms with Crippen molar-refractivity contribution < 1.29 is 9.59 Å². The lowest BCUT2D eigenvalue weighted by Gasteiger charge is -2.27. The fourth-order valence-corrected chi connectivity index (χ4v) is 4.49. The molecule has 0 bridgehead atoms. The monoisotopic (exact) mass is 372 g/mol. The van der Waals surface area contributed by atoms with Crippen molar-refractivity contribution in [3.63, 3.8) is 0 Å². The molecule has 2 heterocycles. The van der Waals surface area contributed by atoms with Gasteiger partial charge < -0.3 is 14.8 Å². The third kappa shape index (κ3) is 4.43. The quantitative estimate of drug-likeness (QED) is 0.737. The van der Waals surface area contributed by atoms with Crippen molar-refractivity contribution in [1.82, 2.24) is 19.7 Å². The highest BCUT2D eigenvalue weighted by Gasteiger charge is 2.56. The van der Waals surface area contributed by atoms with E-state index in [0.29, 0.717) is 17.8 Å². The Balaban J connectivity index is 1.42. The van der Waals surface area contributed by atoms with Crippen LogP contribution in [-0.2, 0) is 16.6 Å². The van der Waals surface area contributed by atoms with Gasteiger partial charge in [-0.15, -0.1) is 0 Å². The second kappa shape index (κ2) is 7.89. The van der Waals surface area contributed by atoms with Crippen LogP contribution in [0.1, 0.15) is 19.4 Å². The zero-order chi connectivity index (χ0) is 19.7. The largest absolute Gasteiger partial charge is 0.357 e. The lowest BCUT2D eigenvalue weighted by Crippen LogP contribution is -2.47. The van der Waals surface area contributed by atoms with E-state index in [2.05, 4.69) is 19.2 Å². The molecule has 1 aromatic rings. The van der Waals surface area contributed by atoms with E-state index >= 15 is 0 Å². The predicted molar refractivity (Wildman–Crippen MR) is 107 cm³/mol. The van der Waals surface area contributed by atoms with Gasteiger partial charge in [-0.2, -0.15) is 0 Å². The van der Waals surface area contributed by atoms with Crippen LogP contribution in [0.3, 0.4) is 0 Å². The van der Waals surface area contributed by atoms with Gasteiger partial charge in [0, 0.05) is 45.2 Å². The Labute approximate surface area is 162 Å². The van der Waals surface area contributed by atoms with Crippen LogP contribution in [0.15, 0.2) is 24.5 Å². The minimum Gasteiger partial charge on any atom is -0.357 e. The van der Waals surface area contributed by atoms with E-state index in [-0.39, 0.29) is 23.8 Å². The SMILES string of the molecule is CC(C)C(C(=O)NCC1[C@H]2CN(C(=O)/C=C/c3ccn(C)c3)C[C@@H]12)N(C)C. The van der Waals surface area contributed by atoms with E-state index in [9.17, 15) is 9.59 Å². The van der Waals surface area contributed by atoms with Gasteiger partial charge in [0.2, 0.25) is 11.8 Å². The van der Waals surface area contributed by atoms with Crippen LogP contribution in [0, 0.1) is 23.7 Å². The number of rotatable bonds is 7. The van der Waals surface area contributed by atoms with Crippen molar-refractivity contribution in [2.75, 3.05) is 33.7 Å². The van der Waals surface area contributed by atoms with Gasteiger partial charge in [0.1, 0.15) is 0 Å².